The van der Waals surface area contributed by atoms with Gasteiger partial charge in [0.15, 0.2) is 11.5 Å². The Morgan fingerprint density at radius 2 is 1.64 bits per heavy atom. The predicted molar refractivity (Wildman–Crippen MR) is 96.9 cm³/mol. The first-order valence-corrected chi connectivity index (χ1v) is 7.83. The molecule has 6 heteroatoms. The Morgan fingerprint density at radius 3 is 2.32 bits per heavy atom. The molecule has 0 saturated heterocycles. The molecule has 2 heterocycles. The minimum absolute atomic E-state index is 0.166. The first-order valence-electron chi connectivity index (χ1n) is 7.83. The molecule has 2 aromatic heterocycles. The van der Waals surface area contributed by atoms with Gasteiger partial charge in [-0.05, 0) is 18.2 Å². The summed E-state index contributed by atoms with van der Waals surface area (Å²) in [6.45, 7) is 0. The summed E-state index contributed by atoms with van der Waals surface area (Å²) in [5.41, 5.74) is 2.04. The molecule has 0 atom stereocenters. The molecule has 0 saturated carbocycles. The Balaban J connectivity index is 2.10. The molecule has 0 bridgehead atoms. The zero-order valence-corrected chi connectivity index (χ0v) is 14.2. The molecule has 0 spiro atoms. The van der Waals surface area contributed by atoms with Crippen LogP contribution in [0.1, 0.15) is 0 Å². The van der Waals surface area contributed by atoms with Crippen molar-refractivity contribution in [1.29, 1.82) is 0 Å². The highest BCUT2D eigenvalue weighted by atomic mass is 16.5. The zero-order chi connectivity index (χ0) is 17.6. The van der Waals surface area contributed by atoms with Gasteiger partial charge in [-0.3, -0.25) is 4.79 Å². The van der Waals surface area contributed by atoms with Crippen LogP contribution >= 0.6 is 0 Å². The van der Waals surface area contributed by atoms with Gasteiger partial charge in [-0.1, -0.05) is 18.2 Å². The van der Waals surface area contributed by atoms with Gasteiger partial charge in [0.1, 0.15) is 5.52 Å². The van der Waals surface area contributed by atoms with E-state index in [0.29, 0.717) is 17.0 Å². The molecule has 0 N–H and O–H groups in total. The third-order valence-electron chi connectivity index (χ3n) is 4.44. The fourth-order valence-electron chi connectivity index (χ4n) is 3.20. The largest absolute Gasteiger partial charge is 0.493 e. The number of methoxy groups -OCH3 is 2. The van der Waals surface area contributed by atoms with Gasteiger partial charge >= 0.3 is 0 Å². The minimum Gasteiger partial charge on any atom is -0.493 e. The van der Waals surface area contributed by atoms with Gasteiger partial charge < -0.3 is 14.0 Å². The van der Waals surface area contributed by atoms with E-state index in [2.05, 4.69) is 5.10 Å². The summed E-state index contributed by atoms with van der Waals surface area (Å²) in [7, 11) is 5.05. The third-order valence-corrected chi connectivity index (χ3v) is 4.44. The standard InChI is InChI=1S/C19H17N3O3/c1-21-15-10-17(25-3)16(24-2)9-13(15)14-11-20-22(19(23)18(14)21)12-7-5-4-6-8-12/h4-11H,1-3H3. The second-order valence-corrected chi connectivity index (χ2v) is 5.74. The van der Waals surface area contributed by atoms with E-state index in [0.717, 1.165) is 22.0 Å². The highest BCUT2D eigenvalue weighted by Gasteiger charge is 2.17. The summed E-state index contributed by atoms with van der Waals surface area (Å²) in [5, 5.41) is 6.05. The lowest BCUT2D eigenvalue weighted by atomic mass is 10.2. The molecule has 0 amide bonds. The molecule has 126 valence electrons. The average molecular weight is 335 g/mol. The van der Waals surface area contributed by atoms with Crippen molar-refractivity contribution in [2.45, 2.75) is 0 Å². The van der Waals surface area contributed by atoms with Gasteiger partial charge in [0.2, 0.25) is 0 Å². The number of rotatable bonds is 3. The van der Waals surface area contributed by atoms with Crippen molar-refractivity contribution in [3.05, 3.63) is 59.0 Å². The minimum atomic E-state index is -0.166. The van der Waals surface area contributed by atoms with Crippen LogP contribution in [-0.4, -0.2) is 28.6 Å². The van der Waals surface area contributed by atoms with E-state index in [1.807, 2.05) is 54.1 Å². The number of fused-ring (bicyclic) bond motifs is 3. The predicted octanol–water partition coefficient (Wildman–Crippen LogP) is 2.89. The third kappa shape index (κ3) is 2.18. The smallest absolute Gasteiger partial charge is 0.296 e. The van der Waals surface area contributed by atoms with Crippen LogP contribution in [0.15, 0.2) is 53.5 Å². The Kier molecular flexibility index (Phi) is 3.46. The SMILES string of the molecule is COc1cc2c3cnn(-c4ccccc4)c(=O)c3n(C)c2cc1OC. The molecule has 4 aromatic rings. The van der Waals surface area contributed by atoms with Crippen LogP contribution in [0.2, 0.25) is 0 Å². The van der Waals surface area contributed by atoms with Crippen molar-refractivity contribution in [1.82, 2.24) is 14.3 Å². The Labute approximate surface area is 143 Å². The van der Waals surface area contributed by atoms with Gasteiger partial charge in [-0.15, -0.1) is 0 Å². The van der Waals surface area contributed by atoms with Crippen LogP contribution in [0.4, 0.5) is 0 Å². The first kappa shape index (κ1) is 15.3. The number of nitrogens with zero attached hydrogens (tertiary/aromatic N) is 3. The molecule has 25 heavy (non-hydrogen) atoms. The number of benzene rings is 2. The molecule has 6 nitrogen and oxygen atoms in total. The number of hydrogen-bond acceptors (Lipinski definition) is 4. The fraction of sp³-hybridized carbons (Fsp3) is 0.158. The summed E-state index contributed by atoms with van der Waals surface area (Å²) in [4.78, 5) is 13.0. The van der Waals surface area contributed by atoms with E-state index >= 15 is 0 Å². The average Bonchev–Trinajstić information content (AvgIpc) is 2.94. The number of hydrogen-bond donors (Lipinski definition) is 0. The molecule has 0 fully saturated rings. The van der Waals surface area contributed by atoms with Crippen molar-refractivity contribution >= 4 is 21.8 Å². The molecular weight excluding hydrogens is 318 g/mol. The van der Waals surface area contributed by atoms with E-state index in [4.69, 9.17) is 9.47 Å². The molecule has 0 radical (unpaired) electrons. The maximum Gasteiger partial charge on any atom is 0.296 e. The molecule has 2 aromatic carbocycles. The maximum atomic E-state index is 13.0. The van der Waals surface area contributed by atoms with E-state index in [9.17, 15) is 4.79 Å². The lowest BCUT2D eigenvalue weighted by Gasteiger charge is -2.08. The van der Waals surface area contributed by atoms with Gasteiger partial charge in [-0.25, -0.2) is 0 Å². The topological polar surface area (TPSA) is 58.3 Å². The highest BCUT2D eigenvalue weighted by molar-refractivity contribution is 6.08. The number of ether oxygens (including phenoxy) is 2. The summed E-state index contributed by atoms with van der Waals surface area (Å²) in [6, 6.07) is 13.1. The quantitative estimate of drug-likeness (QED) is 0.578. The van der Waals surface area contributed by atoms with E-state index < -0.39 is 0 Å². The summed E-state index contributed by atoms with van der Waals surface area (Å²) < 4.78 is 14.1. The highest BCUT2D eigenvalue weighted by Crippen LogP contribution is 2.36. The van der Waals surface area contributed by atoms with Crippen molar-refractivity contribution in [2.75, 3.05) is 14.2 Å². The Bertz CT molecular complexity index is 1140. The van der Waals surface area contributed by atoms with Crippen molar-refractivity contribution in [2.24, 2.45) is 7.05 Å². The van der Waals surface area contributed by atoms with Gasteiger partial charge in [0, 0.05) is 23.9 Å². The zero-order valence-electron chi connectivity index (χ0n) is 14.2. The molecule has 4 rings (SSSR count). The van der Waals surface area contributed by atoms with Gasteiger partial charge in [-0.2, -0.15) is 9.78 Å². The van der Waals surface area contributed by atoms with E-state index in [1.54, 1.807) is 20.4 Å². The molecular formula is C19H17N3O3. The Hall–Kier alpha value is -3.28. The van der Waals surface area contributed by atoms with Crippen LogP contribution in [0, 0.1) is 0 Å². The monoisotopic (exact) mass is 335 g/mol. The molecule has 0 aliphatic carbocycles. The van der Waals surface area contributed by atoms with E-state index in [-0.39, 0.29) is 5.56 Å². The van der Waals surface area contributed by atoms with Crippen molar-refractivity contribution in [3.63, 3.8) is 0 Å². The second-order valence-electron chi connectivity index (χ2n) is 5.74. The molecule has 0 aliphatic heterocycles. The van der Waals surface area contributed by atoms with Crippen LogP contribution in [0.5, 0.6) is 11.5 Å². The first-order chi connectivity index (χ1) is 12.2. The Morgan fingerprint density at radius 1 is 0.960 bits per heavy atom. The summed E-state index contributed by atoms with van der Waals surface area (Å²) in [6.07, 6.45) is 1.72. The lowest BCUT2D eigenvalue weighted by molar-refractivity contribution is 0.356. The van der Waals surface area contributed by atoms with Crippen molar-refractivity contribution < 1.29 is 9.47 Å². The van der Waals surface area contributed by atoms with E-state index in [1.165, 1.54) is 4.68 Å². The number of aryl methyl sites for hydroxylation is 1. The lowest BCUT2D eigenvalue weighted by Crippen LogP contribution is -2.22. The summed E-state index contributed by atoms with van der Waals surface area (Å²) >= 11 is 0. The van der Waals surface area contributed by atoms with Crippen LogP contribution < -0.4 is 15.0 Å². The normalized spacial score (nSPS) is 11.2. The van der Waals surface area contributed by atoms with Crippen LogP contribution in [0.3, 0.4) is 0 Å². The van der Waals surface area contributed by atoms with Crippen LogP contribution in [0.25, 0.3) is 27.5 Å². The second kappa shape index (κ2) is 5.66. The van der Waals surface area contributed by atoms with Gasteiger partial charge in [0.25, 0.3) is 5.56 Å². The van der Waals surface area contributed by atoms with Crippen LogP contribution in [-0.2, 0) is 7.05 Å². The fourth-order valence-corrected chi connectivity index (χ4v) is 3.20. The molecule has 0 unspecified atom stereocenters. The molecule has 0 aliphatic rings. The summed E-state index contributed by atoms with van der Waals surface area (Å²) in [5.74, 6) is 1.24. The number of aromatic nitrogens is 3. The maximum absolute atomic E-state index is 13.0. The van der Waals surface area contributed by atoms with Gasteiger partial charge in [0.05, 0.1) is 31.6 Å². The van der Waals surface area contributed by atoms with Crippen molar-refractivity contribution in [3.8, 4) is 17.2 Å². The number of para-hydroxylation sites is 1.